The van der Waals surface area contributed by atoms with Crippen LogP contribution in [0.1, 0.15) is 57.1 Å². The number of benzene rings is 1. The van der Waals surface area contributed by atoms with Crippen molar-refractivity contribution >= 4 is 23.2 Å². The zero-order valence-electron chi connectivity index (χ0n) is 11.5. The molecule has 1 nitrogen and oxygen atoms in total. The quantitative estimate of drug-likeness (QED) is 0.769. The Labute approximate surface area is 126 Å². The zero-order valence-corrected chi connectivity index (χ0v) is 13.1. The first kappa shape index (κ1) is 15.2. The zero-order chi connectivity index (χ0) is 13.8. The van der Waals surface area contributed by atoms with Crippen LogP contribution in [0.3, 0.4) is 0 Å². The molecule has 0 aromatic heterocycles. The van der Waals surface area contributed by atoms with Gasteiger partial charge in [-0.25, -0.2) is 0 Å². The monoisotopic (exact) mass is 299 g/mol. The van der Waals surface area contributed by atoms with Crippen molar-refractivity contribution in [3.8, 4) is 0 Å². The molecule has 1 saturated carbocycles. The highest BCUT2D eigenvalue weighted by Gasteiger charge is 2.27. The van der Waals surface area contributed by atoms with Crippen molar-refractivity contribution in [3.63, 3.8) is 0 Å². The van der Waals surface area contributed by atoms with Gasteiger partial charge in [0.2, 0.25) is 0 Å². The van der Waals surface area contributed by atoms with Crippen LogP contribution in [-0.4, -0.2) is 0 Å². The minimum absolute atomic E-state index is 0.0220. The highest BCUT2D eigenvalue weighted by molar-refractivity contribution is 6.33. The lowest BCUT2D eigenvalue weighted by atomic mass is 9.76. The first-order valence-corrected chi connectivity index (χ1v) is 8.08. The molecule has 0 bridgehead atoms. The van der Waals surface area contributed by atoms with Crippen LogP contribution in [0.2, 0.25) is 10.0 Å². The fourth-order valence-electron chi connectivity index (χ4n) is 3.27. The highest BCUT2D eigenvalue weighted by Crippen LogP contribution is 2.39. The second kappa shape index (κ2) is 6.97. The summed E-state index contributed by atoms with van der Waals surface area (Å²) >= 11 is 12.3. The minimum Gasteiger partial charge on any atom is -0.324 e. The van der Waals surface area contributed by atoms with Gasteiger partial charge in [0.25, 0.3) is 0 Å². The van der Waals surface area contributed by atoms with E-state index in [0.717, 1.165) is 21.5 Å². The highest BCUT2D eigenvalue weighted by atomic mass is 35.5. The molecule has 1 aliphatic carbocycles. The molecule has 0 saturated heterocycles. The average Bonchev–Trinajstić information content (AvgIpc) is 2.42. The molecule has 1 aromatic carbocycles. The lowest BCUT2D eigenvalue weighted by molar-refractivity contribution is 0.234. The van der Waals surface area contributed by atoms with E-state index in [1.807, 2.05) is 18.2 Å². The summed E-state index contributed by atoms with van der Waals surface area (Å²) in [6, 6.07) is 5.61. The first-order chi connectivity index (χ1) is 9.11. The van der Waals surface area contributed by atoms with Gasteiger partial charge in [-0.1, -0.05) is 55.8 Å². The van der Waals surface area contributed by atoms with Gasteiger partial charge in [-0.05, 0) is 48.4 Å². The van der Waals surface area contributed by atoms with Gasteiger partial charge in [-0.15, -0.1) is 0 Å². The minimum atomic E-state index is 0.0220. The van der Waals surface area contributed by atoms with Crippen LogP contribution < -0.4 is 5.73 Å². The number of nitrogens with two attached hydrogens (primary N) is 1. The second-order valence-corrected chi connectivity index (χ2v) is 6.60. The molecular formula is C16H23Cl2N. The van der Waals surface area contributed by atoms with Crippen molar-refractivity contribution in [3.05, 3.63) is 33.8 Å². The van der Waals surface area contributed by atoms with Crippen LogP contribution in [0.15, 0.2) is 18.2 Å². The Morgan fingerprint density at radius 1 is 1.21 bits per heavy atom. The van der Waals surface area contributed by atoms with Gasteiger partial charge < -0.3 is 5.73 Å². The molecule has 1 aliphatic rings. The van der Waals surface area contributed by atoms with Crippen molar-refractivity contribution in [1.82, 2.24) is 0 Å². The summed E-state index contributed by atoms with van der Waals surface area (Å²) in [5.74, 6) is 1.45. The second-order valence-electron chi connectivity index (χ2n) is 5.76. The fraction of sp³-hybridized carbons (Fsp3) is 0.625. The summed E-state index contributed by atoms with van der Waals surface area (Å²) in [4.78, 5) is 0. The van der Waals surface area contributed by atoms with Crippen LogP contribution in [0, 0.1) is 11.8 Å². The molecule has 1 atom stereocenters. The van der Waals surface area contributed by atoms with Gasteiger partial charge in [-0.3, -0.25) is 0 Å². The number of hydrogen-bond donors (Lipinski definition) is 1. The van der Waals surface area contributed by atoms with Crippen molar-refractivity contribution < 1.29 is 0 Å². The lowest BCUT2D eigenvalue weighted by Crippen LogP contribution is -2.26. The van der Waals surface area contributed by atoms with E-state index in [-0.39, 0.29) is 6.04 Å². The van der Waals surface area contributed by atoms with E-state index >= 15 is 0 Å². The van der Waals surface area contributed by atoms with E-state index in [4.69, 9.17) is 28.9 Å². The molecule has 1 aromatic rings. The standard InChI is InChI=1S/C16H23Cl2N/c1-2-3-11-4-6-12(7-5-11)16(19)14-10-13(17)8-9-15(14)18/h8-12,16H,2-7,19H2,1H3. The SMILES string of the molecule is CCCC1CCC(C(N)c2cc(Cl)ccc2Cl)CC1. The smallest absolute Gasteiger partial charge is 0.0454 e. The van der Waals surface area contributed by atoms with Crippen LogP contribution >= 0.6 is 23.2 Å². The Bertz CT molecular complexity index is 411. The van der Waals surface area contributed by atoms with Crippen molar-refractivity contribution in [1.29, 1.82) is 0 Å². The van der Waals surface area contributed by atoms with Gasteiger partial charge >= 0.3 is 0 Å². The molecule has 0 aliphatic heterocycles. The third-order valence-corrected chi connectivity index (χ3v) is 4.99. The van der Waals surface area contributed by atoms with E-state index in [0.29, 0.717) is 5.92 Å². The molecular weight excluding hydrogens is 277 g/mol. The Morgan fingerprint density at radius 3 is 2.53 bits per heavy atom. The summed E-state index contributed by atoms with van der Waals surface area (Å²) in [5, 5.41) is 1.46. The number of halogens is 2. The third-order valence-electron chi connectivity index (χ3n) is 4.41. The third kappa shape index (κ3) is 3.87. The summed E-state index contributed by atoms with van der Waals surface area (Å²) in [5.41, 5.74) is 7.42. The molecule has 19 heavy (non-hydrogen) atoms. The predicted octanol–water partition coefficient (Wildman–Crippen LogP) is 5.60. The van der Waals surface area contributed by atoms with Crippen molar-refractivity contribution in [2.24, 2.45) is 17.6 Å². The maximum absolute atomic E-state index is 6.42. The fourth-order valence-corrected chi connectivity index (χ4v) is 3.69. The summed E-state index contributed by atoms with van der Waals surface area (Å²) < 4.78 is 0. The van der Waals surface area contributed by atoms with Crippen LogP contribution in [0.5, 0.6) is 0 Å². The first-order valence-electron chi connectivity index (χ1n) is 7.32. The average molecular weight is 300 g/mol. The number of hydrogen-bond acceptors (Lipinski definition) is 1. The van der Waals surface area contributed by atoms with Crippen LogP contribution in [0.25, 0.3) is 0 Å². The molecule has 3 heteroatoms. The Balaban J connectivity index is 2.01. The van der Waals surface area contributed by atoms with Gasteiger partial charge in [0.15, 0.2) is 0 Å². The van der Waals surface area contributed by atoms with E-state index in [2.05, 4.69) is 6.92 Å². The van der Waals surface area contributed by atoms with Gasteiger partial charge in [-0.2, -0.15) is 0 Å². The van der Waals surface area contributed by atoms with Gasteiger partial charge in [0, 0.05) is 16.1 Å². The molecule has 1 unspecified atom stereocenters. The molecule has 0 heterocycles. The Morgan fingerprint density at radius 2 is 1.89 bits per heavy atom. The number of rotatable bonds is 4. The molecule has 0 amide bonds. The van der Waals surface area contributed by atoms with E-state index in [9.17, 15) is 0 Å². The van der Waals surface area contributed by atoms with E-state index < -0.39 is 0 Å². The molecule has 0 spiro atoms. The molecule has 1 fully saturated rings. The van der Waals surface area contributed by atoms with E-state index in [1.165, 1.54) is 38.5 Å². The summed E-state index contributed by atoms with van der Waals surface area (Å²) in [6.45, 7) is 2.27. The molecule has 0 radical (unpaired) electrons. The maximum atomic E-state index is 6.42. The Kier molecular flexibility index (Phi) is 5.56. The van der Waals surface area contributed by atoms with Crippen molar-refractivity contribution in [2.75, 3.05) is 0 Å². The molecule has 2 N–H and O–H groups in total. The van der Waals surface area contributed by atoms with Gasteiger partial charge in [0.1, 0.15) is 0 Å². The molecule has 106 valence electrons. The largest absolute Gasteiger partial charge is 0.324 e. The summed E-state index contributed by atoms with van der Waals surface area (Å²) in [7, 11) is 0. The maximum Gasteiger partial charge on any atom is 0.0454 e. The lowest BCUT2D eigenvalue weighted by Gasteiger charge is -2.32. The van der Waals surface area contributed by atoms with Gasteiger partial charge in [0.05, 0.1) is 0 Å². The topological polar surface area (TPSA) is 26.0 Å². The van der Waals surface area contributed by atoms with Crippen molar-refractivity contribution in [2.45, 2.75) is 51.5 Å². The summed E-state index contributed by atoms with van der Waals surface area (Å²) in [6.07, 6.45) is 7.71. The Hall–Kier alpha value is -0.240. The molecule has 2 rings (SSSR count). The normalized spacial score (nSPS) is 25.3. The van der Waals surface area contributed by atoms with E-state index in [1.54, 1.807) is 0 Å². The van der Waals surface area contributed by atoms with Crippen LogP contribution in [0.4, 0.5) is 0 Å². The predicted molar refractivity (Wildman–Crippen MR) is 83.7 cm³/mol. The van der Waals surface area contributed by atoms with Crippen LogP contribution in [-0.2, 0) is 0 Å².